The van der Waals surface area contributed by atoms with E-state index < -0.39 is 30.0 Å². The van der Waals surface area contributed by atoms with Gasteiger partial charge in [0.25, 0.3) is 0 Å². The first-order valence-electron chi connectivity index (χ1n) is 5.49. The molecule has 0 spiro atoms. The number of carboxylic acids is 1. The SMILES string of the molecule is O=C(O)[C@H](CSSS)NC(c1ccc(F)cc1)C(F)(F)F. The topological polar surface area (TPSA) is 49.3 Å². The van der Waals surface area contributed by atoms with Crippen LogP contribution in [0.4, 0.5) is 17.6 Å². The Morgan fingerprint density at radius 2 is 1.90 bits per heavy atom. The Kier molecular flexibility index (Phi) is 7.17. The minimum Gasteiger partial charge on any atom is -0.480 e. The van der Waals surface area contributed by atoms with Gasteiger partial charge in [0.15, 0.2) is 0 Å². The molecule has 10 heteroatoms. The predicted molar refractivity (Wildman–Crippen MR) is 78.8 cm³/mol. The first kappa shape index (κ1) is 18.5. The standard InChI is InChI=1S/C11H11F4NO2S3/c12-7-3-1-6(2-4-7)9(11(13,14)15)16-8(10(17)18)5-20-21-19/h1-4,8-9,16,19H,5H2,(H,17,18)/t8-,9?/m0/s1. The van der Waals surface area contributed by atoms with Crippen molar-refractivity contribution in [2.45, 2.75) is 18.3 Å². The smallest absolute Gasteiger partial charge is 0.407 e. The molecule has 0 aliphatic carbocycles. The number of alkyl halides is 3. The van der Waals surface area contributed by atoms with E-state index in [0.29, 0.717) is 0 Å². The summed E-state index contributed by atoms with van der Waals surface area (Å²) in [5.74, 6) is -2.17. The zero-order valence-corrected chi connectivity index (χ0v) is 12.8. The molecule has 0 fully saturated rings. The normalized spacial score (nSPS) is 14.7. The lowest BCUT2D eigenvalue weighted by Crippen LogP contribution is -2.46. The molecule has 1 rings (SSSR count). The molecular weight excluding hydrogens is 350 g/mol. The summed E-state index contributed by atoms with van der Waals surface area (Å²) in [5, 5.41) is 11.0. The van der Waals surface area contributed by atoms with Crippen molar-refractivity contribution in [2.75, 3.05) is 5.75 Å². The highest BCUT2D eigenvalue weighted by Gasteiger charge is 2.42. The van der Waals surface area contributed by atoms with Crippen LogP contribution in [-0.2, 0) is 4.79 Å². The third kappa shape index (κ3) is 5.97. The fraction of sp³-hybridized carbons (Fsp3) is 0.364. The van der Waals surface area contributed by atoms with E-state index in [1.807, 2.05) is 5.32 Å². The van der Waals surface area contributed by atoms with Gasteiger partial charge in [-0.05, 0) is 27.5 Å². The molecular formula is C11H11F4NO2S3. The molecule has 0 saturated carbocycles. The highest BCUT2D eigenvalue weighted by atomic mass is 33.5. The van der Waals surface area contributed by atoms with E-state index in [1.165, 1.54) is 0 Å². The van der Waals surface area contributed by atoms with Gasteiger partial charge in [-0.1, -0.05) is 34.6 Å². The molecule has 0 radical (unpaired) electrons. The minimum atomic E-state index is -4.70. The summed E-state index contributed by atoms with van der Waals surface area (Å²) in [6.07, 6.45) is -4.70. The van der Waals surface area contributed by atoms with Crippen LogP contribution < -0.4 is 5.32 Å². The van der Waals surface area contributed by atoms with E-state index in [4.69, 9.17) is 5.11 Å². The Morgan fingerprint density at radius 1 is 1.33 bits per heavy atom. The number of aliphatic carboxylic acids is 1. The Labute approximate surface area is 131 Å². The van der Waals surface area contributed by atoms with Gasteiger partial charge < -0.3 is 5.11 Å². The Morgan fingerprint density at radius 3 is 2.33 bits per heavy atom. The number of nitrogens with one attached hydrogen (secondary N) is 1. The van der Waals surface area contributed by atoms with Crippen molar-refractivity contribution in [3.8, 4) is 0 Å². The summed E-state index contributed by atoms with van der Waals surface area (Å²) in [4.78, 5) is 11.0. The second-order valence-electron chi connectivity index (χ2n) is 3.94. The maximum Gasteiger partial charge on any atom is 0.407 e. The average molecular weight is 361 g/mol. The first-order valence-corrected chi connectivity index (χ1v) is 8.87. The van der Waals surface area contributed by atoms with Crippen molar-refractivity contribution in [3.63, 3.8) is 0 Å². The van der Waals surface area contributed by atoms with E-state index in [-0.39, 0.29) is 11.3 Å². The number of carboxylic acid groups (broad SMARTS) is 1. The second-order valence-corrected chi connectivity index (χ2v) is 7.16. The van der Waals surface area contributed by atoms with Gasteiger partial charge in [-0.25, -0.2) is 4.39 Å². The molecule has 118 valence electrons. The largest absolute Gasteiger partial charge is 0.480 e. The van der Waals surface area contributed by atoms with Crippen molar-refractivity contribution in [1.82, 2.24) is 5.32 Å². The number of hydrogen-bond donors (Lipinski definition) is 3. The van der Waals surface area contributed by atoms with Gasteiger partial charge in [-0.15, -0.1) is 0 Å². The van der Waals surface area contributed by atoms with E-state index in [0.717, 1.165) is 44.9 Å². The van der Waals surface area contributed by atoms with Gasteiger partial charge in [0.05, 0.1) is 0 Å². The minimum absolute atomic E-state index is 0.0999. The zero-order valence-electron chi connectivity index (χ0n) is 10.3. The molecule has 0 bridgehead atoms. The summed E-state index contributed by atoms with van der Waals surface area (Å²) in [6.45, 7) is 0. The van der Waals surface area contributed by atoms with Gasteiger partial charge in [0, 0.05) is 5.75 Å². The van der Waals surface area contributed by atoms with Crippen LogP contribution in [0, 0.1) is 5.82 Å². The maximum absolute atomic E-state index is 13.1. The average Bonchev–Trinajstić information content (AvgIpc) is 2.38. The Balaban J connectivity index is 2.97. The molecule has 0 aliphatic rings. The summed E-state index contributed by atoms with van der Waals surface area (Å²) in [7, 11) is 1.96. The summed E-state index contributed by atoms with van der Waals surface area (Å²) < 4.78 is 52.0. The predicted octanol–water partition coefficient (Wildman–Crippen LogP) is 3.70. The lowest BCUT2D eigenvalue weighted by Gasteiger charge is -2.25. The van der Waals surface area contributed by atoms with Crippen LogP contribution >= 0.6 is 32.3 Å². The van der Waals surface area contributed by atoms with Crippen LogP contribution in [0.5, 0.6) is 0 Å². The van der Waals surface area contributed by atoms with Gasteiger partial charge in [-0.3, -0.25) is 10.1 Å². The van der Waals surface area contributed by atoms with Crippen molar-refractivity contribution in [2.24, 2.45) is 0 Å². The van der Waals surface area contributed by atoms with Gasteiger partial charge in [0.1, 0.15) is 17.9 Å². The second kappa shape index (κ2) is 8.16. The number of halogens is 4. The van der Waals surface area contributed by atoms with E-state index in [9.17, 15) is 22.4 Å². The highest BCUT2D eigenvalue weighted by molar-refractivity contribution is 9.05. The fourth-order valence-electron chi connectivity index (χ4n) is 1.53. The zero-order chi connectivity index (χ0) is 16.0. The Bertz CT molecular complexity index is 470. The molecule has 0 saturated heterocycles. The Hall–Kier alpha value is -0.580. The molecule has 2 N–H and O–H groups in total. The quantitative estimate of drug-likeness (QED) is 0.393. The van der Waals surface area contributed by atoms with E-state index in [1.54, 1.807) is 0 Å². The molecule has 2 atom stereocenters. The lowest BCUT2D eigenvalue weighted by molar-refractivity contribution is -0.162. The third-order valence-electron chi connectivity index (χ3n) is 2.48. The van der Waals surface area contributed by atoms with Crippen molar-refractivity contribution >= 4 is 38.2 Å². The van der Waals surface area contributed by atoms with Gasteiger partial charge in [-0.2, -0.15) is 13.2 Å². The van der Waals surface area contributed by atoms with E-state index in [2.05, 4.69) is 11.7 Å². The monoisotopic (exact) mass is 361 g/mol. The van der Waals surface area contributed by atoms with Crippen LogP contribution in [-0.4, -0.2) is 29.0 Å². The van der Waals surface area contributed by atoms with Crippen LogP contribution in [0.1, 0.15) is 11.6 Å². The number of hydrogen-bond acceptors (Lipinski definition) is 5. The lowest BCUT2D eigenvalue weighted by atomic mass is 10.1. The molecule has 3 nitrogen and oxygen atoms in total. The summed E-state index contributed by atoms with van der Waals surface area (Å²) >= 11 is 3.79. The maximum atomic E-state index is 13.1. The van der Waals surface area contributed by atoms with Crippen LogP contribution in [0.2, 0.25) is 0 Å². The number of rotatable bonds is 7. The highest BCUT2D eigenvalue weighted by Crippen LogP contribution is 2.34. The third-order valence-corrected chi connectivity index (χ3v) is 4.73. The van der Waals surface area contributed by atoms with Crippen LogP contribution in [0.3, 0.4) is 0 Å². The number of carbonyl (C=O) groups is 1. The molecule has 1 aromatic rings. The molecule has 0 heterocycles. The molecule has 1 unspecified atom stereocenters. The number of thiol groups is 1. The molecule has 21 heavy (non-hydrogen) atoms. The van der Waals surface area contributed by atoms with Crippen LogP contribution in [0.15, 0.2) is 24.3 Å². The fourth-order valence-corrected chi connectivity index (χ4v) is 3.10. The van der Waals surface area contributed by atoms with Gasteiger partial charge in [0.2, 0.25) is 0 Å². The van der Waals surface area contributed by atoms with Crippen molar-refractivity contribution < 1.29 is 27.5 Å². The van der Waals surface area contributed by atoms with Crippen molar-refractivity contribution in [3.05, 3.63) is 35.6 Å². The van der Waals surface area contributed by atoms with Crippen LogP contribution in [0.25, 0.3) is 0 Å². The molecule has 1 aromatic carbocycles. The van der Waals surface area contributed by atoms with E-state index >= 15 is 0 Å². The number of benzene rings is 1. The van der Waals surface area contributed by atoms with Gasteiger partial charge >= 0.3 is 12.1 Å². The van der Waals surface area contributed by atoms with Crippen molar-refractivity contribution in [1.29, 1.82) is 0 Å². The summed E-state index contributed by atoms with van der Waals surface area (Å²) in [6, 6.07) is 0.129. The molecule has 0 amide bonds. The molecule has 0 aromatic heterocycles. The molecule has 0 aliphatic heterocycles. The first-order chi connectivity index (χ1) is 9.75. The summed E-state index contributed by atoms with van der Waals surface area (Å²) in [5.41, 5.74) is -0.251.